The van der Waals surface area contributed by atoms with E-state index in [1.807, 2.05) is 54.9 Å². The Balaban J connectivity index is 2.30. The van der Waals surface area contributed by atoms with Gasteiger partial charge in [-0.25, -0.2) is 9.18 Å². The third-order valence-electron chi connectivity index (χ3n) is 3.99. The van der Waals surface area contributed by atoms with Crippen LogP contribution >= 0.6 is 0 Å². The quantitative estimate of drug-likeness (QED) is 0.725. The minimum Gasteiger partial charge on any atom is -0.478 e. The highest BCUT2D eigenvalue weighted by molar-refractivity contribution is 5.98. The fourth-order valence-corrected chi connectivity index (χ4v) is 2.96. The molecule has 0 aliphatic carbocycles. The standard InChI is InChI=1S/C20H18FNO2/c1-13(2)19-18(20(23)24)17(14-8-10-15(21)11-9-14)12-22(19)16-6-4-3-5-7-16/h3-13H,1-2H3,(H,23,24). The molecule has 122 valence electrons. The second kappa shape index (κ2) is 6.32. The van der Waals surface area contributed by atoms with Crippen molar-refractivity contribution in [1.82, 2.24) is 4.57 Å². The molecule has 0 fully saturated rings. The van der Waals surface area contributed by atoms with Crippen LogP contribution in [0.4, 0.5) is 4.39 Å². The molecule has 2 aromatic carbocycles. The summed E-state index contributed by atoms with van der Waals surface area (Å²) in [5, 5.41) is 9.78. The van der Waals surface area contributed by atoms with Crippen molar-refractivity contribution in [2.45, 2.75) is 19.8 Å². The molecule has 1 N–H and O–H groups in total. The smallest absolute Gasteiger partial charge is 0.338 e. The van der Waals surface area contributed by atoms with E-state index in [1.165, 1.54) is 12.1 Å². The van der Waals surface area contributed by atoms with E-state index >= 15 is 0 Å². The number of hydrogen-bond donors (Lipinski definition) is 1. The van der Waals surface area contributed by atoms with Gasteiger partial charge in [-0.2, -0.15) is 0 Å². The van der Waals surface area contributed by atoms with Gasteiger partial charge in [-0.1, -0.05) is 44.2 Å². The van der Waals surface area contributed by atoms with Crippen molar-refractivity contribution in [3.63, 3.8) is 0 Å². The van der Waals surface area contributed by atoms with Gasteiger partial charge in [-0.05, 0) is 35.7 Å². The van der Waals surface area contributed by atoms with Gasteiger partial charge < -0.3 is 9.67 Å². The van der Waals surface area contributed by atoms with Crippen LogP contribution in [0.1, 0.15) is 35.8 Å². The first-order valence-corrected chi connectivity index (χ1v) is 7.79. The molecule has 24 heavy (non-hydrogen) atoms. The molecule has 1 aromatic heterocycles. The summed E-state index contributed by atoms with van der Waals surface area (Å²) in [5.41, 5.74) is 3.17. The normalized spacial score (nSPS) is 11.0. The lowest BCUT2D eigenvalue weighted by atomic mass is 9.98. The van der Waals surface area contributed by atoms with Crippen LogP contribution in [0.3, 0.4) is 0 Å². The third kappa shape index (κ3) is 2.83. The third-order valence-corrected chi connectivity index (χ3v) is 3.99. The van der Waals surface area contributed by atoms with Crippen LogP contribution < -0.4 is 0 Å². The molecule has 0 atom stereocenters. The molecule has 3 nitrogen and oxygen atoms in total. The van der Waals surface area contributed by atoms with E-state index in [4.69, 9.17) is 0 Å². The Labute approximate surface area is 140 Å². The fraction of sp³-hybridized carbons (Fsp3) is 0.150. The zero-order valence-electron chi connectivity index (χ0n) is 13.5. The van der Waals surface area contributed by atoms with Crippen molar-refractivity contribution >= 4 is 5.97 Å². The van der Waals surface area contributed by atoms with Gasteiger partial charge in [-0.3, -0.25) is 0 Å². The van der Waals surface area contributed by atoms with Crippen molar-refractivity contribution in [1.29, 1.82) is 0 Å². The lowest BCUT2D eigenvalue weighted by Crippen LogP contribution is -2.07. The van der Waals surface area contributed by atoms with Gasteiger partial charge in [0.2, 0.25) is 0 Å². The topological polar surface area (TPSA) is 42.2 Å². The average molecular weight is 323 g/mol. The van der Waals surface area contributed by atoms with Crippen LogP contribution in [0.15, 0.2) is 60.8 Å². The summed E-state index contributed by atoms with van der Waals surface area (Å²) < 4.78 is 15.1. The first-order chi connectivity index (χ1) is 11.5. The van der Waals surface area contributed by atoms with Crippen LogP contribution in [0.5, 0.6) is 0 Å². The van der Waals surface area contributed by atoms with Crippen molar-refractivity contribution in [2.24, 2.45) is 0 Å². The van der Waals surface area contributed by atoms with Crippen LogP contribution in [-0.4, -0.2) is 15.6 Å². The van der Waals surface area contributed by atoms with Crippen LogP contribution in [-0.2, 0) is 0 Å². The highest BCUT2D eigenvalue weighted by Crippen LogP contribution is 2.34. The van der Waals surface area contributed by atoms with E-state index in [0.29, 0.717) is 11.1 Å². The summed E-state index contributed by atoms with van der Waals surface area (Å²) in [5.74, 6) is -1.31. The van der Waals surface area contributed by atoms with E-state index in [-0.39, 0.29) is 17.3 Å². The Morgan fingerprint density at radius 2 is 1.67 bits per heavy atom. The molecule has 0 saturated carbocycles. The molecule has 3 aromatic rings. The van der Waals surface area contributed by atoms with E-state index in [0.717, 1.165) is 11.4 Å². The summed E-state index contributed by atoms with van der Waals surface area (Å²) in [6, 6.07) is 15.5. The second-order valence-corrected chi connectivity index (χ2v) is 5.98. The molecule has 3 rings (SSSR count). The maximum Gasteiger partial charge on any atom is 0.338 e. The summed E-state index contributed by atoms with van der Waals surface area (Å²) >= 11 is 0. The molecule has 1 heterocycles. The molecule has 0 amide bonds. The Hall–Kier alpha value is -2.88. The van der Waals surface area contributed by atoms with Crippen molar-refractivity contribution in [3.8, 4) is 16.8 Å². The van der Waals surface area contributed by atoms with Crippen LogP contribution in [0.25, 0.3) is 16.8 Å². The highest BCUT2D eigenvalue weighted by Gasteiger charge is 2.25. The summed E-state index contributed by atoms with van der Waals surface area (Å²) in [6.07, 6.45) is 1.82. The largest absolute Gasteiger partial charge is 0.478 e. The van der Waals surface area contributed by atoms with Crippen molar-refractivity contribution in [3.05, 3.63) is 77.9 Å². The predicted octanol–water partition coefficient (Wildman–Crippen LogP) is 5.11. The summed E-state index contributed by atoms with van der Waals surface area (Å²) in [7, 11) is 0. The number of nitrogens with zero attached hydrogens (tertiary/aromatic N) is 1. The number of rotatable bonds is 4. The number of benzene rings is 2. The van der Waals surface area contributed by atoms with E-state index in [1.54, 1.807) is 12.1 Å². The van der Waals surface area contributed by atoms with Gasteiger partial charge in [0.15, 0.2) is 0 Å². The first-order valence-electron chi connectivity index (χ1n) is 7.79. The number of carbonyl (C=O) groups is 1. The SMILES string of the molecule is CC(C)c1c(C(=O)O)c(-c2ccc(F)cc2)cn1-c1ccccc1. The molecule has 0 aliphatic heterocycles. The van der Waals surface area contributed by atoms with Crippen molar-refractivity contribution in [2.75, 3.05) is 0 Å². The molecule has 0 aliphatic rings. The van der Waals surface area contributed by atoms with Gasteiger partial charge in [-0.15, -0.1) is 0 Å². The minimum atomic E-state index is -0.979. The molecule has 0 unspecified atom stereocenters. The van der Waals surface area contributed by atoms with Gasteiger partial charge in [0, 0.05) is 23.1 Å². The lowest BCUT2D eigenvalue weighted by molar-refractivity contribution is 0.0696. The van der Waals surface area contributed by atoms with Crippen LogP contribution in [0, 0.1) is 5.82 Å². The molecular weight excluding hydrogens is 305 g/mol. The monoisotopic (exact) mass is 323 g/mol. The number of aromatic nitrogens is 1. The van der Waals surface area contributed by atoms with Crippen LogP contribution in [0.2, 0.25) is 0 Å². The van der Waals surface area contributed by atoms with E-state index < -0.39 is 5.97 Å². The zero-order chi connectivity index (χ0) is 17.3. The Bertz CT molecular complexity index is 865. The molecule has 0 spiro atoms. The van der Waals surface area contributed by atoms with E-state index in [9.17, 15) is 14.3 Å². The number of carboxylic acid groups (broad SMARTS) is 1. The number of hydrogen-bond acceptors (Lipinski definition) is 1. The first kappa shape index (κ1) is 16.0. The maximum atomic E-state index is 13.2. The molecule has 0 bridgehead atoms. The van der Waals surface area contributed by atoms with Gasteiger partial charge >= 0.3 is 5.97 Å². The molecular formula is C20H18FNO2. The Morgan fingerprint density at radius 3 is 2.21 bits per heavy atom. The molecule has 0 radical (unpaired) electrons. The van der Waals surface area contributed by atoms with Gasteiger partial charge in [0.25, 0.3) is 0 Å². The zero-order valence-corrected chi connectivity index (χ0v) is 13.5. The van der Waals surface area contributed by atoms with Crippen molar-refractivity contribution < 1.29 is 14.3 Å². The second-order valence-electron chi connectivity index (χ2n) is 5.98. The number of aromatic carboxylic acids is 1. The number of halogens is 1. The molecule has 4 heteroatoms. The number of carboxylic acids is 1. The minimum absolute atomic E-state index is 0.0190. The van der Waals surface area contributed by atoms with E-state index in [2.05, 4.69) is 0 Å². The van der Waals surface area contributed by atoms with Gasteiger partial charge in [0.1, 0.15) is 5.82 Å². The Kier molecular flexibility index (Phi) is 4.21. The average Bonchev–Trinajstić information content (AvgIpc) is 2.97. The van der Waals surface area contributed by atoms with Gasteiger partial charge in [0.05, 0.1) is 5.56 Å². The number of para-hydroxylation sites is 1. The highest BCUT2D eigenvalue weighted by atomic mass is 19.1. The molecule has 0 saturated heterocycles. The summed E-state index contributed by atoms with van der Waals surface area (Å²) in [4.78, 5) is 11.9. The predicted molar refractivity (Wildman–Crippen MR) is 92.2 cm³/mol. The maximum absolute atomic E-state index is 13.2. The summed E-state index contributed by atoms with van der Waals surface area (Å²) in [6.45, 7) is 3.94. The fourth-order valence-electron chi connectivity index (χ4n) is 2.96. The lowest BCUT2D eigenvalue weighted by Gasteiger charge is -2.13. The Morgan fingerprint density at radius 1 is 1.04 bits per heavy atom.